The Hall–Kier alpha value is -3.75. The Morgan fingerprint density at radius 1 is 1.11 bits per heavy atom. The number of piperazine rings is 1. The Morgan fingerprint density at radius 2 is 1.94 bits per heavy atom. The van der Waals surface area contributed by atoms with Gasteiger partial charge in [0.25, 0.3) is 0 Å². The second kappa shape index (κ2) is 9.85. The molecule has 1 fully saturated rings. The SMILES string of the molecule is C=CC(=O)Nc1cccc(-c2csc3cnc(Nc4ncc(N5CCN(C)CC5)cc4C)cc23)c1. The van der Waals surface area contributed by atoms with Gasteiger partial charge in [-0.15, -0.1) is 11.3 Å². The molecule has 0 spiro atoms. The summed E-state index contributed by atoms with van der Waals surface area (Å²) < 4.78 is 1.10. The molecular formula is C27H28N6OS. The molecule has 3 aromatic heterocycles. The number of hydrogen-bond acceptors (Lipinski definition) is 7. The van der Waals surface area contributed by atoms with Gasteiger partial charge in [-0.3, -0.25) is 4.79 Å². The van der Waals surface area contributed by atoms with Crippen molar-refractivity contribution in [3.63, 3.8) is 0 Å². The van der Waals surface area contributed by atoms with E-state index >= 15 is 0 Å². The van der Waals surface area contributed by atoms with E-state index in [9.17, 15) is 4.79 Å². The van der Waals surface area contributed by atoms with Crippen LogP contribution in [0, 0.1) is 6.92 Å². The Kier molecular flexibility index (Phi) is 6.48. The molecule has 178 valence electrons. The van der Waals surface area contributed by atoms with Crippen LogP contribution in [-0.4, -0.2) is 54.0 Å². The molecule has 2 N–H and O–H groups in total. The van der Waals surface area contributed by atoms with Gasteiger partial charge in [0.05, 0.1) is 16.6 Å². The van der Waals surface area contributed by atoms with Gasteiger partial charge in [0.15, 0.2) is 0 Å². The lowest BCUT2D eigenvalue weighted by molar-refractivity contribution is -0.111. The summed E-state index contributed by atoms with van der Waals surface area (Å²) in [4.78, 5) is 25.8. The van der Waals surface area contributed by atoms with Gasteiger partial charge in [0, 0.05) is 49.0 Å². The smallest absolute Gasteiger partial charge is 0.247 e. The third-order valence-corrected chi connectivity index (χ3v) is 7.20. The van der Waals surface area contributed by atoms with Gasteiger partial charge in [-0.25, -0.2) is 9.97 Å². The summed E-state index contributed by atoms with van der Waals surface area (Å²) in [6, 6.07) is 12.1. The summed E-state index contributed by atoms with van der Waals surface area (Å²) in [5.41, 5.74) is 5.11. The molecule has 4 aromatic rings. The van der Waals surface area contributed by atoms with Gasteiger partial charge in [-0.2, -0.15) is 0 Å². The Labute approximate surface area is 209 Å². The number of amides is 1. The van der Waals surface area contributed by atoms with Crippen LogP contribution in [0.5, 0.6) is 0 Å². The van der Waals surface area contributed by atoms with Crippen LogP contribution in [0.1, 0.15) is 5.56 Å². The van der Waals surface area contributed by atoms with Crippen molar-refractivity contribution in [2.75, 3.05) is 48.8 Å². The molecule has 0 radical (unpaired) electrons. The van der Waals surface area contributed by atoms with E-state index in [4.69, 9.17) is 4.98 Å². The van der Waals surface area contributed by atoms with Crippen molar-refractivity contribution >= 4 is 50.3 Å². The van der Waals surface area contributed by atoms with E-state index in [1.54, 1.807) is 11.3 Å². The van der Waals surface area contributed by atoms with E-state index in [0.717, 1.165) is 76.0 Å². The predicted octanol–water partition coefficient (Wildman–Crippen LogP) is 5.29. The number of rotatable bonds is 6. The first kappa shape index (κ1) is 23.0. The normalized spacial score (nSPS) is 14.2. The fourth-order valence-corrected chi connectivity index (χ4v) is 5.15. The highest BCUT2D eigenvalue weighted by atomic mass is 32.1. The molecule has 4 heterocycles. The number of benzene rings is 1. The lowest BCUT2D eigenvalue weighted by Gasteiger charge is -2.34. The van der Waals surface area contributed by atoms with Crippen LogP contribution in [-0.2, 0) is 4.79 Å². The van der Waals surface area contributed by atoms with Crippen LogP contribution < -0.4 is 15.5 Å². The average Bonchev–Trinajstić information content (AvgIpc) is 3.29. The minimum Gasteiger partial charge on any atom is -0.368 e. The number of pyridine rings is 2. The molecule has 0 aliphatic carbocycles. The lowest BCUT2D eigenvalue weighted by atomic mass is 10.0. The topological polar surface area (TPSA) is 73.4 Å². The number of nitrogens with zero attached hydrogens (tertiary/aromatic N) is 4. The fourth-order valence-electron chi connectivity index (χ4n) is 4.23. The lowest BCUT2D eigenvalue weighted by Crippen LogP contribution is -2.44. The number of hydrogen-bond donors (Lipinski definition) is 2. The first-order valence-electron chi connectivity index (χ1n) is 11.6. The molecular weight excluding hydrogens is 456 g/mol. The van der Waals surface area contributed by atoms with Crippen molar-refractivity contribution < 1.29 is 4.79 Å². The molecule has 1 aliphatic heterocycles. The van der Waals surface area contributed by atoms with E-state index in [0.29, 0.717) is 0 Å². The van der Waals surface area contributed by atoms with Crippen molar-refractivity contribution in [2.45, 2.75) is 6.92 Å². The molecule has 8 heteroatoms. The molecule has 5 rings (SSSR count). The van der Waals surface area contributed by atoms with E-state index < -0.39 is 0 Å². The van der Waals surface area contributed by atoms with E-state index in [2.05, 4.69) is 63.5 Å². The average molecular weight is 485 g/mol. The minimum atomic E-state index is -0.227. The van der Waals surface area contributed by atoms with Gasteiger partial charge in [0.1, 0.15) is 11.6 Å². The number of likely N-dealkylation sites (N-methyl/N-ethyl adjacent to an activating group) is 1. The van der Waals surface area contributed by atoms with Crippen LogP contribution >= 0.6 is 11.3 Å². The quantitative estimate of drug-likeness (QED) is 0.363. The molecule has 1 amide bonds. The standard InChI is InChI=1S/C27H28N6OS/c1-4-26(34)30-20-7-5-6-19(13-20)23-17-35-24-16-28-25(14-22(23)24)31-27-18(2)12-21(15-29-27)33-10-8-32(3)9-11-33/h4-7,12-17H,1,8-11H2,2-3H3,(H,30,34)(H,28,29,31). The van der Waals surface area contributed by atoms with Crippen molar-refractivity contribution in [3.8, 4) is 11.1 Å². The molecule has 1 aromatic carbocycles. The number of carbonyl (C=O) groups excluding carboxylic acids is 1. The molecule has 1 aliphatic rings. The molecule has 0 atom stereocenters. The molecule has 0 saturated carbocycles. The zero-order valence-corrected chi connectivity index (χ0v) is 20.7. The number of aromatic nitrogens is 2. The molecule has 35 heavy (non-hydrogen) atoms. The largest absolute Gasteiger partial charge is 0.368 e. The number of fused-ring (bicyclic) bond motifs is 1. The Morgan fingerprint density at radius 3 is 2.71 bits per heavy atom. The third-order valence-electron chi connectivity index (χ3n) is 6.27. The molecule has 0 unspecified atom stereocenters. The van der Waals surface area contributed by atoms with E-state index in [1.165, 1.54) is 6.08 Å². The third kappa shape index (κ3) is 5.03. The zero-order chi connectivity index (χ0) is 24.4. The summed E-state index contributed by atoms with van der Waals surface area (Å²) >= 11 is 1.65. The minimum absolute atomic E-state index is 0.227. The Balaban J connectivity index is 1.39. The second-order valence-corrected chi connectivity index (χ2v) is 9.67. The highest BCUT2D eigenvalue weighted by molar-refractivity contribution is 7.17. The summed E-state index contributed by atoms with van der Waals surface area (Å²) in [6.07, 6.45) is 5.10. The molecule has 0 bridgehead atoms. The second-order valence-electron chi connectivity index (χ2n) is 8.76. The zero-order valence-electron chi connectivity index (χ0n) is 19.9. The number of anilines is 4. The number of carbonyl (C=O) groups is 1. The first-order chi connectivity index (χ1) is 17.0. The van der Waals surface area contributed by atoms with Crippen LogP contribution in [0.4, 0.5) is 23.0 Å². The van der Waals surface area contributed by atoms with Crippen LogP contribution in [0.25, 0.3) is 21.2 Å². The molecule has 1 saturated heterocycles. The van der Waals surface area contributed by atoms with Gasteiger partial charge in [-0.1, -0.05) is 18.7 Å². The van der Waals surface area contributed by atoms with Gasteiger partial charge < -0.3 is 20.4 Å². The number of thiophene rings is 1. The van der Waals surface area contributed by atoms with Crippen LogP contribution in [0.2, 0.25) is 0 Å². The van der Waals surface area contributed by atoms with Crippen LogP contribution in [0.15, 0.2) is 66.8 Å². The van der Waals surface area contributed by atoms with Crippen molar-refractivity contribution in [1.82, 2.24) is 14.9 Å². The summed E-state index contributed by atoms with van der Waals surface area (Å²) in [5.74, 6) is 1.33. The summed E-state index contributed by atoms with van der Waals surface area (Å²) in [5, 5.41) is 9.46. The first-order valence-corrected chi connectivity index (χ1v) is 12.5. The van der Waals surface area contributed by atoms with Gasteiger partial charge in [-0.05, 0) is 60.8 Å². The highest BCUT2D eigenvalue weighted by Gasteiger charge is 2.16. The highest BCUT2D eigenvalue weighted by Crippen LogP contribution is 2.36. The van der Waals surface area contributed by atoms with E-state index in [1.807, 2.05) is 36.7 Å². The summed E-state index contributed by atoms with van der Waals surface area (Å²) in [7, 11) is 2.16. The van der Waals surface area contributed by atoms with E-state index in [-0.39, 0.29) is 5.91 Å². The van der Waals surface area contributed by atoms with Crippen LogP contribution in [0.3, 0.4) is 0 Å². The maximum absolute atomic E-state index is 11.7. The van der Waals surface area contributed by atoms with Gasteiger partial charge >= 0.3 is 0 Å². The van der Waals surface area contributed by atoms with Gasteiger partial charge in [0.2, 0.25) is 5.91 Å². The predicted molar refractivity (Wildman–Crippen MR) is 146 cm³/mol. The number of aryl methyl sites for hydroxylation is 1. The fraction of sp³-hybridized carbons (Fsp3) is 0.222. The van der Waals surface area contributed by atoms with Crippen molar-refractivity contribution in [1.29, 1.82) is 0 Å². The number of nitrogens with one attached hydrogen (secondary N) is 2. The monoisotopic (exact) mass is 484 g/mol. The van der Waals surface area contributed by atoms with Crippen molar-refractivity contribution in [3.05, 3.63) is 72.4 Å². The maximum atomic E-state index is 11.7. The van der Waals surface area contributed by atoms with Crippen molar-refractivity contribution in [2.24, 2.45) is 0 Å². The Bertz CT molecular complexity index is 1390. The molecule has 7 nitrogen and oxygen atoms in total. The maximum Gasteiger partial charge on any atom is 0.247 e. The summed E-state index contributed by atoms with van der Waals surface area (Å²) in [6.45, 7) is 9.76.